The van der Waals surface area contributed by atoms with E-state index in [0.29, 0.717) is 35.0 Å². The average Bonchev–Trinajstić information content (AvgIpc) is 2.78. The zero-order chi connectivity index (χ0) is 15.7. The van der Waals surface area contributed by atoms with Crippen LogP contribution >= 0.6 is 11.6 Å². The predicted molar refractivity (Wildman–Crippen MR) is 82.4 cm³/mol. The van der Waals surface area contributed by atoms with E-state index < -0.39 is 5.82 Å². The maximum absolute atomic E-state index is 14.0. The van der Waals surface area contributed by atoms with Gasteiger partial charge in [0.2, 0.25) is 5.91 Å². The number of rotatable bonds is 5. The normalized spacial score (nSPS) is 20.9. The van der Waals surface area contributed by atoms with Crippen LogP contribution in [0.5, 0.6) is 0 Å². The first-order valence-electron chi connectivity index (χ1n) is 7.31. The third-order valence-corrected chi connectivity index (χ3v) is 4.23. The average molecular weight is 326 g/mol. The van der Waals surface area contributed by atoms with Crippen molar-refractivity contribution in [1.82, 2.24) is 10.2 Å². The molecule has 0 radical (unpaired) electrons. The maximum atomic E-state index is 14.0. The van der Waals surface area contributed by atoms with Crippen LogP contribution in [0.25, 0.3) is 10.9 Å². The minimum Gasteiger partial charge on any atom is -0.378 e. The number of benzene rings is 1. The van der Waals surface area contributed by atoms with E-state index in [1.165, 1.54) is 12.1 Å². The van der Waals surface area contributed by atoms with Crippen molar-refractivity contribution in [3.05, 3.63) is 23.1 Å². The molecule has 5 nitrogen and oxygen atoms in total. The Hall–Kier alpha value is -1.66. The third-order valence-electron chi connectivity index (χ3n) is 3.94. The highest BCUT2D eigenvalue weighted by Crippen LogP contribution is 2.33. The lowest BCUT2D eigenvalue weighted by Gasteiger charge is -2.34. The van der Waals surface area contributed by atoms with Crippen LogP contribution in [-0.4, -0.2) is 28.8 Å². The Labute approximate surface area is 132 Å². The van der Waals surface area contributed by atoms with Crippen molar-refractivity contribution in [2.45, 2.75) is 32.3 Å². The Morgan fingerprint density at radius 1 is 1.55 bits per heavy atom. The van der Waals surface area contributed by atoms with Gasteiger partial charge in [0.25, 0.3) is 0 Å². The van der Waals surface area contributed by atoms with E-state index in [9.17, 15) is 9.18 Å². The third kappa shape index (κ3) is 3.08. The van der Waals surface area contributed by atoms with Crippen LogP contribution in [0.2, 0.25) is 5.15 Å². The van der Waals surface area contributed by atoms with Gasteiger partial charge < -0.3 is 10.1 Å². The van der Waals surface area contributed by atoms with Gasteiger partial charge in [0.15, 0.2) is 0 Å². The summed E-state index contributed by atoms with van der Waals surface area (Å²) in [6.45, 7) is 2.65. The topological polar surface area (TPSA) is 67.0 Å². The Bertz CT molecular complexity index is 697. The first-order valence-corrected chi connectivity index (χ1v) is 7.69. The number of carbonyl (C=O) groups is 1. The molecule has 0 bridgehead atoms. The zero-order valence-electron chi connectivity index (χ0n) is 12.2. The van der Waals surface area contributed by atoms with Crippen LogP contribution in [0.4, 0.5) is 10.1 Å². The van der Waals surface area contributed by atoms with E-state index in [0.717, 1.165) is 12.8 Å². The number of carbonyl (C=O) groups excluding carboxylic acids is 1. The Morgan fingerprint density at radius 2 is 2.32 bits per heavy atom. The van der Waals surface area contributed by atoms with Crippen molar-refractivity contribution in [3.63, 3.8) is 0 Å². The zero-order valence-corrected chi connectivity index (χ0v) is 12.9. The van der Waals surface area contributed by atoms with E-state index in [1.807, 2.05) is 6.92 Å². The monoisotopic (exact) mass is 325 g/mol. The molecule has 7 heteroatoms. The fourth-order valence-electron chi connectivity index (χ4n) is 2.77. The molecular formula is C15H17ClFN3O2. The summed E-state index contributed by atoms with van der Waals surface area (Å²) in [5.41, 5.74) is 0.556. The highest BCUT2D eigenvalue weighted by molar-refractivity contribution is 6.34. The number of hydrogen-bond acceptors (Lipinski definition) is 3. The first-order chi connectivity index (χ1) is 10.6. The molecule has 22 heavy (non-hydrogen) atoms. The van der Waals surface area contributed by atoms with Gasteiger partial charge in [-0.15, -0.1) is 0 Å². The number of aromatic nitrogens is 2. The van der Waals surface area contributed by atoms with E-state index in [1.54, 1.807) is 0 Å². The molecule has 1 heterocycles. The van der Waals surface area contributed by atoms with Crippen molar-refractivity contribution in [2.24, 2.45) is 5.92 Å². The molecule has 1 aliphatic rings. The van der Waals surface area contributed by atoms with Crippen molar-refractivity contribution < 1.29 is 13.9 Å². The van der Waals surface area contributed by atoms with Crippen LogP contribution < -0.4 is 5.32 Å². The second-order valence-electron chi connectivity index (χ2n) is 5.55. The summed E-state index contributed by atoms with van der Waals surface area (Å²) in [6.07, 6.45) is 2.41. The van der Waals surface area contributed by atoms with Gasteiger partial charge in [0.05, 0.1) is 17.3 Å². The minimum absolute atomic E-state index is 0.126. The highest BCUT2D eigenvalue weighted by atomic mass is 35.5. The van der Waals surface area contributed by atoms with Gasteiger partial charge in [-0.05, 0) is 31.7 Å². The summed E-state index contributed by atoms with van der Waals surface area (Å²) >= 11 is 5.93. The van der Waals surface area contributed by atoms with Gasteiger partial charge in [0, 0.05) is 24.5 Å². The fourth-order valence-corrected chi connectivity index (χ4v) is 2.97. The predicted octanol–water partition coefficient (Wildman–Crippen LogP) is 3.50. The molecule has 1 aliphatic carbocycles. The summed E-state index contributed by atoms with van der Waals surface area (Å²) in [4.78, 5) is 12.0. The lowest BCUT2D eigenvalue weighted by molar-refractivity contribution is -0.119. The lowest BCUT2D eigenvalue weighted by atomic mass is 9.80. The summed E-state index contributed by atoms with van der Waals surface area (Å²) in [7, 11) is 0. The summed E-state index contributed by atoms with van der Waals surface area (Å²) in [6, 6.07) is 2.75. The molecule has 3 rings (SSSR count). The number of hydrogen-bond donors (Lipinski definition) is 2. The molecule has 0 saturated heterocycles. The second-order valence-corrected chi connectivity index (χ2v) is 5.93. The van der Waals surface area contributed by atoms with E-state index in [2.05, 4.69) is 15.5 Å². The van der Waals surface area contributed by atoms with E-state index in [4.69, 9.17) is 16.3 Å². The summed E-state index contributed by atoms with van der Waals surface area (Å²) in [5, 5.41) is 9.96. The number of H-pyrrole nitrogens is 1. The van der Waals surface area contributed by atoms with Gasteiger partial charge in [0.1, 0.15) is 11.0 Å². The molecule has 0 aliphatic heterocycles. The Balaban J connectivity index is 1.62. The molecule has 118 valence electrons. The number of anilines is 1. The molecule has 2 N–H and O–H groups in total. The number of nitrogens with zero attached hydrogens (tertiary/aromatic N) is 1. The molecule has 1 aromatic carbocycles. The maximum Gasteiger partial charge on any atom is 0.224 e. The molecule has 1 fully saturated rings. The Kier molecular flexibility index (Phi) is 4.31. The Morgan fingerprint density at radius 3 is 3.05 bits per heavy atom. The van der Waals surface area contributed by atoms with E-state index >= 15 is 0 Å². The molecule has 1 aromatic heterocycles. The second kappa shape index (κ2) is 6.22. The number of fused-ring (bicyclic) bond motifs is 1. The van der Waals surface area contributed by atoms with Crippen molar-refractivity contribution >= 4 is 34.1 Å². The van der Waals surface area contributed by atoms with Crippen LogP contribution in [0.15, 0.2) is 12.1 Å². The number of nitrogens with one attached hydrogen (secondary N) is 2. The van der Waals surface area contributed by atoms with Gasteiger partial charge in [-0.2, -0.15) is 5.10 Å². The number of aromatic amines is 1. The lowest BCUT2D eigenvalue weighted by Crippen LogP contribution is -2.33. The van der Waals surface area contributed by atoms with Crippen LogP contribution in [0, 0.1) is 11.7 Å². The smallest absolute Gasteiger partial charge is 0.224 e. The van der Waals surface area contributed by atoms with Gasteiger partial charge in [-0.25, -0.2) is 4.39 Å². The van der Waals surface area contributed by atoms with Crippen molar-refractivity contribution in [1.29, 1.82) is 0 Å². The molecule has 0 spiro atoms. The van der Waals surface area contributed by atoms with Gasteiger partial charge in [-0.1, -0.05) is 11.6 Å². The summed E-state index contributed by atoms with van der Waals surface area (Å²) < 4.78 is 19.4. The molecule has 0 unspecified atom stereocenters. The quantitative estimate of drug-likeness (QED) is 0.884. The molecule has 1 saturated carbocycles. The minimum atomic E-state index is -0.523. The number of ether oxygens (including phenoxy) is 1. The fraction of sp³-hybridized carbons (Fsp3) is 0.467. The largest absolute Gasteiger partial charge is 0.378 e. The van der Waals surface area contributed by atoms with Crippen LogP contribution in [0.1, 0.15) is 26.2 Å². The molecule has 1 amide bonds. The van der Waals surface area contributed by atoms with Crippen LogP contribution in [0.3, 0.4) is 0 Å². The van der Waals surface area contributed by atoms with Gasteiger partial charge in [-0.3, -0.25) is 9.89 Å². The molecular weight excluding hydrogens is 309 g/mol. The summed E-state index contributed by atoms with van der Waals surface area (Å²) in [5.74, 6) is -0.413. The van der Waals surface area contributed by atoms with Crippen molar-refractivity contribution in [2.75, 3.05) is 11.9 Å². The van der Waals surface area contributed by atoms with Crippen molar-refractivity contribution in [3.8, 4) is 0 Å². The number of amides is 1. The SMILES string of the molecule is CCOC1CC(CC(=O)Nc2cc3c(Cl)[nH]nc3cc2F)C1. The van der Waals surface area contributed by atoms with Crippen LogP contribution in [-0.2, 0) is 9.53 Å². The highest BCUT2D eigenvalue weighted by Gasteiger charge is 2.31. The standard InChI is InChI=1S/C15H17ClFN3O2/c1-2-22-9-3-8(4-9)5-14(21)18-13-6-10-12(7-11(13)17)19-20-15(10)16/h6-9H,2-5H2,1H3,(H,18,21)(H,19,20). The molecule has 2 aromatic rings. The van der Waals surface area contributed by atoms with Gasteiger partial charge >= 0.3 is 0 Å². The van der Waals surface area contributed by atoms with E-state index in [-0.39, 0.29) is 17.7 Å². The number of halogens is 2. The molecule has 0 atom stereocenters. The first kappa shape index (κ1) is 15.2.